The SMILES string of the molecule is CN1C(=O)c2ccc(NC(=O)CCc3ccco3)cc2C1=O. The first-order valence-corrected chi connectivity index (χ1v) is 6.85. The van der Waals surface area contributed by atoms with Crippen LogP contribution in [0.3, 0.4) is 0 Å². The van der Waals surface area contributed by atoms with Crippen LogP contribution in [0.5, 0.6) is 0 Å². The molecule has 22 heavy (non-hydrogen) atoms. The fourth-order valence-corrected chi connectivity index (χ4v) is 2.35. The lowest BCUT2D eigenvalue weighted by Crippen LogP contribution is -2.24. The van der Waals surface area contributed by atoms with Crippen LogP contribution in [-0.4, -0.2) is 29.7 Å². The maximum atomic E-state index is 11.9. The van der Waals surface area contributed by atoms with E-state index in [0.29, 0.717) is 23.2 Å². The van der Waals surface area contributed by atoms with Crippen molar-refractivity contribution < 1.29 is 18.8 Å². The van der Waals surface area contributed by atoms with E-state index < -0.39 is 0 Å². The van der Waals surface area contributed by atoms with Crippen molar-refractivity contribution in [1.29, 1.82) is 0 Å². The molecule has 3 rings (SSSR count). The highest BCUT2D eigenvalue weighted by Gasteiger charge is 2.32. The molecule has 0 fully saturated rings. The number of rotatable bonds is 4. The van der Waals surface area contributed by atoms with Gasteiger partial charge < -0.3 is 9.73 Å². The molecule has 1 aliphatic rings. The number of imide groups is 1. The third-order valence-electron chi connectivity index (χ3n) is 3.55. The molecule has 0 aliphatic carbocycles. The van der Waals surface area contributed by atoms with E-state index in [4.69, 9.17) is 4.42 Å². The van der Waals surface area contributed by atoms with E-state index in [1.165, 1.54) is 13.1 Å². The van der Waals surface area contributed by atoms with E-state index in [1.807, 2.05) is 6.07 Å². The Bertz CT molecular complexity index is 750. The van der Waals surface area contributed by atoms with E-state index in [9.17, 15) is 14.4 Å². The summed E-state index contributed by atoms with van der Waals surface area (Å²) in [5.74, 6) is -0.115. The smallest absolute Gasteiger partial charge is 0.261 e. The summed E-state index contributed by atoms with van der Waals surface area (Å²) in [7, 11) is 1.44. The minimum absolute atomic E-state index is 0.179. The van der Waals surface area contributed by atoms with Gasteiger partial charge in [-0.2, -0.15) is 0 Å². The first-order valence-electron chi connectivity index (χ1n) is 6.85. The van der Waals surface area contributed by atoms with Crippen molar-refractivity contribution in [3.05, 3.63) is 53.5 Å². The number of nitrogens with one attached hydrogen (secondary N) is 1. The van der Waals surface area contributed by atoms with Gasteiger partial charge in [-0.05, 0) is 30.3 Å². The monoisotopic (exact) mass is 298 g/mol. The standard InChI is InChI=1S/C16H14N2O4/c1-18-15(20)12-6-4-10(9-13(12)16(18)21)17-14(19)7-5-11-3-2-8-22-11/h2-4,6,8-9H,5,7H2,1H3,(H,17,19). The third kappa shape index (κ3) is 2.50. The zero-order valence-corrected chi connectivity index (χ0v) is 12.0. The number of benzene rings is 1. The van der Waals surface area contributed by atoms with Crippen LogP contribution >= 0.6 is 0 Å². The number of furan rings is 1. The highest BCUT2D eigenvalue weighted by molar-refractivity contribution is 6.21. The normalized spacial score (nSPS) is 13.4. The molecule has 0 saturated heterocycles. The van der Waals surface area contributed by atoms with Gasteiger partial charge in [-0.1, -0.05) is 0 Å². The Balaban J connectivity index is 1.68. The minimum atomic E-state index is -0.355. The number of nitrogens with zero attached hydrogens (tertiary/aromatic N) is 1. The van der Waals surface area contributed by atoms with E-state index in [1.54, 1.807) is 24.5 Å². The third-order valence-corrected chi connectivity index (χ3v) is 3.55. The highest BCUT2D eigenvalue weighted by Crippen LogP contribution is 2.24. The van der Waals surface area contributed by atoms with Gasteiger partial charge in [0.15, 0.2) is 0 Å². The van der Waals surface area contributed by atoms with E-state index in [-0.39, 0.29) is 24.1 Å². The largest absolute Gasteiger partial charge is 0.469 e. The lowest BCUT2D eigenvalue weighted by molar-refractivity contribution is -0.116. The van der Waals surface area contributed by atoms with Gasteiger partial charge in [0.05, 0.1) is 17.4 Å². The number of hydrogen-bond acceptors (Lipinski definition) is 4. The number of hydrogen-bond donors (Lipinski definition) is 1. The lowest BCUT2D eigenvalue weighted by Gasteiger charge is -2.05. The molecule has 1 aromatic carbocycles. The second-order valence-corrected chi connectivity index (χ2v) is 5.06. The highest BCUT2D eigenvalue weighted by atomic mass is 16.3. The molecule has 3 amide bonds. The number of carbonyl (C=O) groups excluding carboxylic acids is 3. The topological polar surface area (TPSA) is 79.6 Å². The quantitative estimate of drug-likeness (QED) is 0.876. The zero-order valence-electron chi connectivity index (χ0n) is 12.0. The Kier molecular flexibility index (Phi) is 3.50. The molecule has 6 heteroatoms. The summed E-state index contributed by atoms with van der Waals surface area (Å²) < 4.78 is 5.16. The molecule has 1 N–H and O–H groups in total. The maximum Gasteiger partial charge on any atom is 0.261 e. The van der Waals surface area contributed by atoms with Gasteiger partial charge in [-0.25, -0.2) is 0 Å². The Labute approximate surface area is 126 Å². The second kappa shape index (κ2) is 5.48. The van der Waals surface area contributed by atoms with Crippen molar-refractivity contribution in [2.45, 2.75) is 12.8 Å². The van der Waals surface area contributed by atoms with Crippen molar-refractivity contribution in [3.63, 3.8) is 0 Å². The van der Waals surface area contributed by atoms with Crippen LogP contribution in [0.25, 0.3) is 0 Å². The molecular weight excluding hydrogens is 284 g/mol. The maximum absolute atomic E-state index is 11.9. The minimum Gasteiger partial charge on any atom is -0.469 e. The van der Waals surface area contributed by atoms with Gasteiger partial charge in [0.1, 0.15) is 5.76 Å². The van der Waals surface area contributed by atoms with Gasteiger partial charge in [-0.15, -0.1) is 0 Å². The lowest BCUT2D eigenvalue weighted by atomic mass is 10.1. The van der Waals surface area contributed by atoms with Crippen molar-refractivity contribution >= 4 is 23.4 Å². The Hall–Kier alpha value is -2.89. The molecule has 0 spiro atoms. The molecule has 0 bridgehead atoms. The molecule has 1 aliphatic heterocycles. The predicted molar refractivity (Wildman–Crippen MR) is 78.5 cm³/mol. The van der Waals surface area contributed by atoms with Crippen LogP contribution in [0.4, 0.5) is 5.69 Å². The molecule has 0 atom stereocenters. The number of carbonyl (C=O) groups is 3. The molecule has 6 nitrogen and oxygen atoms in total. The van der Waals surface area contributed by atoms with Crippen LogP contribution in [0, 0.1) is 0 Å². The Morgan fingerprint density at radius 1 is 1.18 bits per heavy atom. The average Bonchev–Trinajstić information content (AvgIpc) is 3.10. The summed E-state index contributed by atoms with van der Waals surface area (Å²) in [5.41, 5.74) is 1.18. The molecule has 1 aromatic heterocycles. The van der Waals surface area contributed by atoms with Gasteiger partial charge in [0, 0.05) is 25.6 Å². The van der Waals surface area contributed by atoms with Crippen LogP contribution in [0.1, 0.15) is 32.9 Å². The number of amides is 3. The van der Waals surface area contributed by atoms with Crippen LogP contribution in [0.15, 0.2) is 41.0 Å². The van der Waals surface area contributed by atoms with Crippen molar-refractivity contribution in [3.8, 4) is 0 Å². The molecular formula is C16H14N2O4. The fraction of sp³-hybridized carbons (Fsp3) is 0.188. The van der Waals surface area contributed by atoms with Crippen molar-refractivity contribution in [2.75, 3.05) is 12.4 Å². The molecule has 0 saturated carbocycles. The van der Waals surface area contributed by atoms with E-state index in [2.05, 4.69) is 5.32 Å². The molecule has 2 heterocycles. The molecule has 0 unspecified atom stereocenters. The summed E-state index contributed by atoms with van der Waals surface area (Å²) in [6.45, 7) is 0. The fourth-order valence-electron chi connectivity index (χ4n) is 2.35. The van der Waals surface area contributed by atoms with Gasteiger partial charge >= 0.3 is 0 Å². The summed E-state index contributed by atoms with van der Waals surface area (Å²) in [5, 5.41) is 2.72. The number of anilines is 1. The van der Waals surface area contributed by atoms with Crippen molar-refractivity contribution in [2.24, 2.45) is 0 Å². The first kappa shape index (κ1) is 14.1. The Morgan fingerprint density at radius 3 is 2.68 bits per heavy atom. The molecule has 2 aromatic rings. The summed E-state index contributed by atoms with van der Waals surface area (Å²) in [6.07, 6.45) is 2.34. The molecule has 112 valence electrons. The van der Waals surface area contributed by atoms with Crippen molar-refractivity contribution in [1.82, 2.24) is 4.90 Å². The number of fused-ring (bicyclic) bond motifs is 1. The van der Waals surface area contributed by atoms with Crippen LogP contribution in [-0.2, 0) is 11.2 Å². The zero-order chi connectivity index (χ0) is 15.7. The summed E-state index contributed by atoms with van der Waals surface area (Å²) in [6, 6.07) is 8.29. The van der Waals surface area contributed by atoms with E-state index >= 15 is 0 Å². The van der Waals surface area contributed by atoms with Crippen LogP contribution in [0.2, 0.25) is 0 Å². The van der Waals surface area contributed by atoms with Gasteiger partial charge in [-0.3, -0.25) is 19.3 Å². The van der Waals surface area contributed by atoms with Gasteiger partial charge in [0.2, 0.25) is 5.91 Å². The average molecular weight is 298 g/mol. The Morgan fingerprint density at radius 2 is 1.95 bits per heavy atom. The number of aryl methyl sites for hydroxylation is 1. The second-order valence-electron chi connectivity index (χ2n) is 5.06. The predicted octanol–water partition coefficient (Wildman–Crippen LogP) is 2.08. The van der Waals surface area contributed by atoms with Gasteiger partial charge in [0.25, 0.3) is 11.8 Å². The first-order chi connectivity index (χ1) is 10.6. The molecule has 0 radical (unpaired) electrons. The summed E-state index contributed by atoms with van der Waals surface area (Å²) in [4.78, 5) is 36.7. The summed E-state index contributed by atoms with van der Waals surface area (Å²) >= 11 is 0. The van der Waals surface area contributed by atoms with Crippen LogP contribution < -0.4 is 5.32 Å². The van der Waals surface area contributed by atoms with E-state index in [0.717, 1.165) is 10.7 Å².